The lowest BCUT2D eigenvalue weighted by atomic mass is 10.3. The van der Waals surface area contributed by atoms with Crippen LogP contribution in [0.4, 0.5) is 0 Å². The molecule has 0 spiro atoms. The molecular weight excluding hydrogens is 128 g/mol. The Labute approximate surface area is 63.4 Å². The van der Waals surface area contributed by atoms with Crippen LogP contribution in [0, 0.1) is 0 Å². The highest BCUT2D eigenvalue weighted by Crippen LogP contribution is 2.28. The first-order chi connectivity index (χ1) is 3.95. The smallest absolute Gasteiger partial charge is 0.00777 e. The Morgan fingerprint density at radius 2 is 1.78 bits per heavy atom. The predicted molar refractivity (Wildman–Crippen MR) is 47.1 cm³/mol. The third-order valence-corrected chi connectivity index (χ3v) is 2.57. The Kier molecular flexibility index (Phi) is 3.64. The molecule has 1 atom stereocenters. The Bertz CT molecular complexity index is 71.1. The van der Waals surface area contributed by atoms with Crippen molar-refractivity contribution >= 4 is 11.8 Å². The van der Waals surface area contributed by atoms with Gasteiger partial charge in [-0.15, -0.1) is 0 Å². The minimum atomic E-state index is 0.440. The van der Waals surface area contributed by atoms with Crippen LogP contribution in [0.15, 0.2) is 0 Å². The molecule has 0 aliphatic carbocycles. The Morgan fingerprint density at radius 3 is 1.89 bits per heavy atom. The van der Waals surface area contributed by atoms with Gasteiger partial charge in [-0.05, 0) is 6.42 Å². The van der Waals surface area contributed by atoms with Gasteiger partial charge < -0.3 is 0 Å². The van der Waals surface area contributed by atoms with Gasteiger partial charge in [0.15, 0.2) is 0 Å². The molecule has 0 amide bonds. The second-order valence-electron chi connectivity index (χ2n) is 3.45. The molecule has 0 aromatic heterocycles. The van der Waals surface area contributed by atoms with Crippen LogP contribution >= 0.6 is 11.8 Å². The molecule has 0 radical (unpaired) electrons. The first-order valence-electron chi connectivity index (χ1n) is 3.63. The van der Waals surface area contributed by atoms with Crippen molar-refractivity contribution < 1.29 is 0 Å². The largest absolute Gasteiger partial charge is 0.153 e. The summed E-state index contributed by atoms with van der Waals surface area (Å²) in [6.07, 6.45) is 1.28. The molecule has 0 aromatic rings. The fraction of sp³-hybridized carbons (Fsp3) is 1.00. The second-order valence-corrected chi connectivity index (χ2v) is 5.71. The van der Waals surface area contributed by atoms with Gasteiger partial charge in [-0.2, -0.15) is 11.8 Å². The maximum absolute atomic E-state index is 2.29. The Hall–Kier alpha value is 0.350. The van der Waals surface area contributed by atoms with E-state index in [2.05, 4.69) is 46.4 Å². The summed E-state index contributed by atoms with van der Waals surface area (Å²) in [6, 6.07) is 0. The van der Waals surface area contributed by atoms with Gasteiger partial charge in [0.25, 0.3) is 0 Å². The van der Waals surface area contributed by atoms with Gasteiger partial charge in [0, 0.05) is 10.00 Å². The number of rotatable bonds is 2. The highest BCUT2D eigenvalue weighted by molar-refractivity contribution is 8.01. The van der Waals surface area contributed by atoms with Crippen LogP contribution in [0.2, 0.25) is 0 Å². The molecule has 0 N–H and O–H groups in total. The average molecular weight is 146 g/mol. The van der Waals surface area contributed by atoms with E-state index in [9.17, 15) is 0 Å². The fourth-order valence-corrected chi connectivity index (χ4v) is 2.06. The molecule has 0 saturated heterocycles. The fourth-order valence-electron chi connectivity index (χ4n) is 0.687. The molecule has 0 heterocycles. The van der Waals surface area contributed by atoms with Gasteiger partial charge in [-0.25, -0.2) is 0 Å². The summed E-state index contributed by atoms with van der Waals surface area (Å²) >= 11 is 2.06. The molecule has 56 valence electrons. The topological polar surface area (TPSA) is 0 Å². The molecule has 0 bridgehead atoms. The molecule has 0 aliphatic rings. The zero-order valence-corrected chi connectivity index (χ0v) is 8.01. The lowest BCUT2D eigenvalue weighted by molar-refractivity contribution is 0.782. The zero-order valence-electron chi connectivity index (χ0n) is 7.19. The van der Waals surface area contributed by atoms with E-state index in [1.807, 2.05) is 0 Å². The van der Waals surface area contributed by atoms with E-state index in [1.54, 1.807) is 0 Å². The van der Waals surface area contributed by atoms with E-state index in [0.29, 0.717) is 4.75 Å². The zero-order chi connectivity index (χ0) is 7.49. The highest BCUT2D eigenvalue weighted by Gasteiger charge is 2.13. The van der Waals surface area contributed by atoms with Crippen LogP contribution in [0.5, 0.6) is 0 Å². The minimum absolute atomic E-state index is 0.440. The Morgan fingerprint density at radius 1 is 1.33 bits per heavy atom. The average Bonchev–Trinajstić information content (AvgIpc) is 1.62. The summed E-state index contributed by atoms with van der Waals surface area (Å²) in [4.78, 5) is 0. The van der Waals surface area contributed by atoms with E-state index in [0.717, 1.165) is 5.25 Å². The van der Waals surface area contributed by atoms with Crippen molar-refractivity contribution in [2.24, 2.45) is 0 Å². The lowest BCUT2D eigenvalue weighted by Crippen LogP contribution is -2.12. The lowest BCUT2D eigenvalue weighted by Gasteiger charge is -2.21. The molecule has 9 heavy (non-hydrogen) atoms. The van der Waals surface area contributed by atoms with Crippen LogP contribution in [-0.4, -0.2) is 10.00 Å². The van der Waals surface area contributed by atoms with E-state index in [-0.39, 0.29) is 0 Å². The second kappa shape index (κ2) is 3.50. The van der Waals surface area contributed by atoms with E-state index >= 15 is 0 Å². The summed E-state index contributed by atoms with van der Waals surface area (Å²) < 4.78 is 0.440. The molecule has 1 unspecified atom stereocenters. The van der Waals surface area contributed by atoms with E-state index in [4.69, 9.17) is 0 Å². The van der Waals surface area contributed by atoms with Crippen LogP contribution in [0.25, 0.3) is 0 Å². The van der Waals surface area contributed by atoms with Gasteiger partial charge in [0.2, 0.25) is 0 Å². The predicted octanol–water partition coefficient (Wildman–Crippen LogP) is 3.32. The first-order valence-corrected chi connectivity index (χ1v) is 4.51. The van der Waals surface area contributed by atoms with Crippen LogP contribution in [-0.2, 0) is 0 Å². The van der Waals surface area contributed by atoms with Crippen molar-refractivity contribution in [1.29, 1.82) is 0 Å². The van der Waals surface area contributed by atoms with E-state index in [1.165, 1.54) is 6.42 Å². The third-order valence-electron chi connectivity index (χ3n) is 1.13. The number of thioether (sulfide) groups is 1. The maximum atomic E-state index is 2.29. The molecule has 1 heteroatoms. The number of hydrogen-bond donors (Lipinski definition) is 0. The molecule has 0 nitrogen and oxygen atoms in total. The normalized spacial score (nSPS) is 15.7. The van der Waals surface area contributed by atoms with Crippen LogP contribution in [0.3, 0.4) is 0 Å². The van der Waals surface area contributed by atoms with Crippen molar-refractivity contribution in [2.45, 2.75) is 51.0 Å². The van der Waals surface area contributed by atoms with Gasteiger partial charge in [-0.1, -0.05) is 34.6 Å². The third kappa shape index (κ3) is 6.23. The quantitative estimate of drug-likeness (QED) is 0.576. The summed E-state index contributed by atoms with van der Waals surface area (Å²) in [7, 11) is 0. The SMILES string of the molecule is CCC(C)SC(C)(C)C. The Balaban J connectivity index is 3.47. The van der Waals surface area contributed by atoms with Crippen molar-refractivity contribution in [1.82, 2.24) is 0 Å². The van der Waals surface area contributed by atoms with Crippen LogP contribution in [0.1, 0.15) is 41.0 Å². The maximum Gasteiger partial charge on any atom is 0.00777 e. The monoisotopic (exact) mass is 146 g/mol. The van der Waals surface area contributed by atoms with Gasteiger partial charge in [0.05, 0.1) is 0 Å². The standard InChI is InChI=1S/C8H18S/c1-6-7(2)9-8(3,4)5/h7H,6H2,1-5H3. The van der Waals surface area contributed by atoms with Crippen LogP contribution < -0.4 is 0 Å². The molecular formula is C8H18S. The molecule has 0 rings (SSSR count). The van der Waals surface area contributed by atoms with Crippen molar-refractivity contribution in [3.8, 4) is 0 Å². The van der Waals surface area contributed by atoms with Gasteiger partial charge in [0.1, 0.15) is 0 Å². The molecule has 0 saturated carbocycles. The van der Waals surface area contributed by atoms with Crippen molar-refractivity contribution in [2.75, 3.05) is 0 Å². The molecule has 0 aliphatic heterocycles. The minimum Gasteiger partial charge on any atom is -0.153 e. The molecule has 0 fully saturated rings. The summed E-state index contributed by atoms with van der Waals surface area (Å²) in [5.41, 5.74) is 0. The first kappa shape index (κ1) is 9.35. The van der Waals surface area contributed by atoms with Crippen molar-refractivity contribution in [3.05, 3.63) is 0 Å². The summed E-state index contributed by atoms with van der Waals surface area (Å²) in [6.45, 7) is 11.3. The summed E-state index contributed by atoms with van der Waals surface area (Å²) in [5.74, 6) is 0. The highest BCUT2D eigenvalue weighted by atomic mass is 32.2. The molecule has 0 aromatic carbocycles. The van der Waals surface area contributed by atoms with Crippen molar-refractivity contribution in [3.63, 3.8) is 0 Å². The van der Waals surface area contributed by atoms with Gasteiger partial charge in [-0.3, -0.25) is 0 Å². The number of hydrogen-bond acceptors (Lipinski definition) is 1. The van der Waals surface area contributed by atoms with E-state index < -0.39 is 0 Å². The van der Waals surface area contributed by atoms with Gasteiger partial charge >= 0.3 is 0 Å². The summed E-state index contributed by atoms with van der Waals surface area (Å²) in [5, 5.41) is 0.810.